The number of amides is 1. The number of hydrogen-bond acceptors (Lipinski definition) is 3. The lowest BCUT2D eigenvalue weighted by molar-refractivity contribution is -0.115. The van der Waals surface area contributed by atoms with Crippen LogP contribution in [0.1, 0.15) is 29.5 Å². The summed E-state index contributed by atoms with van der Waals surface area (Å²) in [4.78, 5) is 12.1. The highest BCUT2D eigenvalue weighted by molar-refractivity contribution is 7.80. The minimum atomic E-state index is -0.110. The van der Waals surface area contributed by atoms with Gasteiger partial charge in [0.1, 0.15) is 0 Å². The van der Waals surface area contributed by atoms with Crippen molar-refractivity contribution in [3.8, 4) is 0 Å². The Bertz CT molecular complexity index is 560. The second-order valence-corrected chi connectivity index (χ2v) is 6.43. The Morgan fingerprint density at radius 1 is 1.26 bits per heavy atom. The van der Waals surface area contributed by atoms with Gasteiger partial charge in [-0.2, -0.15) is 0 Å². The van der Waals surface area contributed by atoms with E-state index in [1.807, 2.05) is 20.8 Å². The summed E-state index contributed by atoms with van der Waals surface area (Å²) in [5.41, 5.74) is 4.20. The van der Waals surface area contributed by atoms with Gasteiger partial charge in [-0.1, -0.05) is 17.7 Å². The second-order valence-electron chi connectivity index (χ2n) is 6.02. The molecule has 1 aliphatic heterocycles. The van der Waals surface area contributed by atoms with E-state index in [0.29, 0.717) is 11.7 Å². The van der Waals surface area contributed by atoms with Gasteiger partial charge in [0, 0.05) is 18.8 Å². The molecule has 1 aliphatic rings. The highest BCUT2D eigenvalue weighted by Crippen LogP contribution is 2.21. The molecule has 0 radical (unpaired) electrons. The van der Waals surface area contributed by atoms with Crippen LogP contribution in [0.25, 0.3) is 0 Å². The average Bonchev–Trinajstić information content (AvgIpc) is 3.00. The molecule has 1 atom stereocenters. The molecule has 0 unspecified atom stereocenters. The lowest BCUT2D eigenvalue weighted by Crippen LogP contribution is -2.42. The normalized spacial score (nSPS) is 16.9. The van der Waals surface area contributed by atoms with Gasteiger partial charge in [0.2, 0.25) is 5.91 Å². The van der Waals surface area contributed by atoms with Gasteiger partial charge in [-0.3, -0.25) is 4.79 Å². The van der Waals surface area contributed by atoms with Gasteiger partial charge in [0.25, 0.3) is 0 Å². The fraction of sp³-hybridized carbons (Fsp3) is 0.529. The molecule has 1 saturated heterocycles. The quantitative estimate of drug-likeness (QED) is 0.720. The molecule has 0 saturated carbocycles. The zero-order chi connectivity index (χ0) is 16.8. The zero-order valence-electron chi connectivity index (χ0n) is 14.0. The van der Waals surface area contributed by atoms with Crippen LogP contribution in [0.2, 0.25) is 0 Å². The first-order chi connectivity index (χ1) is 11.0. The predicted octanol–water partition coefficient (Wildman–Crippen LogP) is 2.19. The van der Waals surface area contributed by atoms with E-state index in [2.05, 4.69) is 28.1 Å². The van der Waals surface area contributed by atoms with Crippen molar-refractivity contribution in [3.05, 3.63) is 28.8 Å². The number of aryl methyl sites for hydroxylation is 3. The third-order valence-electron chi connectivity index (χ3n) is 3.87. The standard InChI is InChI=1S/C17H25N3O2S/c1-11-7-12(2)16(13(3)8-11)20-15(21)10-19-17(23)18-9-14-5-4-6-22-14/h7-8,14H,4-6,9-10H2,1-3H3,(H,20,21)(H2,18,19,23)/t14-/m0/s1. The van der Waals surface area contributed by atoms with Crippen LogP contribution >= 0.6 is 12.2 Å². The minimum Gasteiger partial charge on any atom is -0.376 e. The number of carbonyl (C=O) groups is 1. The highest BCUT2D eigenvalue weighted by Gasteiger charge is 2.15. The van der Waals surface area contributed by atoms with Gasteiger partial charge >= 0.3 is 0 Å². The summed E-state index contributed by atoms with van der Waals surface area (Å²) in [7, 11) is 0. The summed E-state index contributed by atoms with van der Waals surface area (Å²) < 4.78 is 5.51. The Hall–Kier alpha value is -1.66. The van der Waals surface area contributed by atoms with E-state index in [9.17, 15) is 4.79 Å². The van der Waals surface area contributed by atoms with Crippen molar-refractivity contribution in [2.75, 3.05) is 25.0 Å². The summed E-state index contributed by atoms with van der Waals surface area (Å²) in [6.07, 6.45) is 2.38. The molecule has 3 N–H and O–H groups in total. The van der Waals surface area contributed by atoms with E-state index in [1.165, 1.54) is 5.56 Å². The predicted molar refractivity (Wildman–Crippen MR) is 96.9 cm³/mol. The zero-order valence-corrected chi connectivity index (χ0v) is 14.8. The van der Waals surface area contributed by atoms with Crippen molar-refractivity contribution in [1.82, 2.24) is 10.6 Å². The van der Waals surface area contributed by atoms with Crippen LogP contribution in [0, 0.1) is 20.8 Å². The molecule has 1 aromatic carbocycles. The van der Waals surface area contributed by atoms with E-state index in [-0.39, 0.29) is 18.6 Å². The van der Waals surface area contributed by atoms with Crippen molar-refractivity contribution in [2.24, 2.45) is 0 Å². The maximum absolute atomic E-state index is 12.1. The molecule has 126 valence electrons. The molecule has 23 heavy (non-hydrogen) atoms. The van der Waals surface area contributed by atoms with Crippen LogP contribution < -0.4 is 16.0 Å². The van der Waals surface area contributed by atoms with E-state index >= 15 is 0 Å². The molecule has 1 aromatic rings. The maximum atomic E-state index is 12.1. The Labute approximate surface area is 143 Å². The van der Waals surface area contributed by atoms with Crippen LogP contribution in [-0.4, -0.2) is 36.8 Å². The minimum absolute atomic E-state index is 0.110. The van der Waals surface area contributed by atoms with Gasteiger partial charge in [-0.25, -0.2) is 0 Å². The summed E-state index contributed by atoms with van der Waals surface area (Å²) in [5.74, 6) is -0.110. The molecule has 6 heteroatoms. The number of nitrogens with one attached hydrogen (secondary N) is 3. The lowest BCUT2D eigenvalue weighted by atomic mass is 10.1. The van der Waals surface area contributed by atoms with Gasteiger partial charge in [0.05, 0.1) is 12.6 Å². The maximum Gasteiger partial charge on any atom is 0.243 e. The Morgan fingerprint density at radius 2 is 1.96 bits per heavy atom. The van der Waals surface area contributed by atoms with Gasteiger partial charge in [-0.15, -0.1) is 0 Å². The third kappa shape index (κ3) is 5.48. The molecule has 5 nitrogen and oxygen atoms in total. The number of benzene rings is 1. The monoisotopic (exact) mass is 335 g/mol. The fourth-order valence-corrected chi connectivity index (χ4v) is 2.95. The number of anilines is 1. The molecule has 0 bridgehead atoms. The molecule has 2 rings (SSSR count). The number of hydrogen-bond donors (Lipinski definition) is 3. The topological polar surface area (TPSA) is 62.4 Å². The lowest BCUT2D eigenvalue weighted by Gasteiger charge is -2.15. The number of ether oxygens (including phenoxy) is 1. The third-order valence-corrected chi connectivity index (χ3v) is 4.15. The number of rotatable bonds is 5. The van der Waals surface area contributed by atoms with Crippen molar-refractivity contribution in [3.63, 3.8) is 0 Å². The fourth-order valence-electron chi connectivity index (χ4n) is 2.80. The van der Waals surface area contributed by atoms with E-state index in [0.717, 1.165) is 36.3 Å². The highest BCUT2D eigenvalue weighted by atomic mass is 32.1. The molecular formula is C17H25N3O2S. The molecule has 0 aromatic heterocycles. The van der Waals surface area contributed by atoms with Crippen molar-refractivity contribution < 1.29 is 9.53 Å². The molecule has 0 aliphatic carbocycles. The summed E-state index contributed by atoms with van der Waals surface area (Å²) in [6.45, 7) is 7.69. The first-order valence-corrected chi connectivity index (χ1v) is 8.37. The van der Waals surface area contributed by atoms with Gasteiger partial charge in [0.15, 0.2) is 5.11 Å². The first kappa shape index (κ1) is 17.7. The summed E-state index contributed by atoms with van der Waals surface area (Å²) in [6, 6.07) is 4.12. The van der Waals surface area contributed by atoms with E-state index < -0.39 is 0 Å². The largest absolute Gasteiger partial charge is 0.376 e. The number of thiocarbonyl (C=S) groups is 1. The molecule has 0 spiro atoms. The van der Waals surface area contributed by atoms with E-state index in [4.69, 9.17) is 17.0 Å². The van der Waals surface area contributed by atoms with Crippen molar-refractivity contribution in [1.29, 1.82) is 0 Å². The smallest absolute Gasteiger partial charge is 0.243 e. The molecule has 1 heterocycles. The Kier molecular flexibility index (Phi) is 6.36. The first-order valence-electron chi connectivity index (χ1n) is 7.96. The summed E-state index contributed by atoms with van der Waals surface area (Å²) >= 11 is 5.18. The Morgan fingerprint density at radius 3 is 2.57 bits per heavy atom. The molecule has 1 amide bonds. The van der Waals surface area contributed by atoms with Crippen LogP contribution in [0.15, 0.2) is 12.1 Å². The average molecular weight is 335 g/mol. The van der Waals surface area contributed by atoms with Gasteiger partial charge in [-0.05, 0) is 57.0 Å². The van der Waals surface area contributed by atoms with E-state index in [1.54, 1.807) is 0 Å². The SMILES string of the molecule is Cc1cc(C)c(NC(=O)CNC(=S)NC[C@@H]2CCCO2)c(C)c1. The number of carbonyl (C=O) groups excluding carboxylic acids is 1. The van der Waals surface area contributed by atoms with Crippen LogP contribution in [0.4, 0.5) is 5.69 Å². The van der Waals surface area contributed by atoms with Crippen molar-refractivity contribution in [2.45, 2.75) is 39.7 Å². The molecular weight excluding hydrogens is 310 g/mol. The van der Waals surface area contributed by atoms with Crippen LogP contribution in [0.5, 0.6) is 0 Å². The van der Waals surface area contributed by atoms with Crippen LogP contribution in [-0.2, 0) is 9.53 Å². The van der Waals surface area contributed by atoms with Crippen LogP contribution in [0.3, 0.4) is 0 Å². The molecule has 1 fully saturated rings. The summed E-state index contributed by atoms with van der Waals surface area (Å²) in [5, 5.41) is 9.44. The Balaban J connectivity index is 1.75. The second kappa shape index (κ2) is 8.26. The van der Waals surface area contributed by atoms with Gasteiger partial charge < -0.3 is 20.7 Å². The van der Waals surface area contributed by atoms with Crippen molar-refractivity contribution >= 4 is 28.9 Å².